The van der Waals surface area contributed by atoms with E-state index in [2.05, 4.69) is 4.98 Å². The van der Waals surface area contributed by atoms with Crippen molar-refractivity contribution in [1.29, 1.82) is 0 Å². The van der Waals surface area contributed by atoms with Crippen LogP contribution in [0.2, 0.25) is 5.02 Å². The Bertz CT molecular complexity index is 644. The minimum absolute atomic E-state index is 0.0805. The number of aromatic nitrogens is 2. The van der Waals surface area contributed by atoms with Gasteiger partial charge in [0.1, 0.15) is 0 Å². The smallest absolute Gasteiger partial charge is 0.262 e. The summed E-state index contributed by atoms with van der Waals surface area (Å²) in [6, 6.07) is 5.17. The van der Waals surface area contributed by atoms with Crippen molar-refractivity contribution in [3.63, 3.8) is 0 Å². The molecule has 1 aromatic carbocycles. The molecule has 3 nitrogen and oxygen atoms in total. The van der Waals surface area contributed by atoms with Gasteiger partial charge in [0.2, 0.25) is 0 Å². The molecule has 0 spiro atoms. The van der Waals surface area contributed by atoms with E-state index < -0.39 is 0 Å². The number of H-pyrrole nitrogens is 1. The van der Waals surface area contributed by atoms with Crippen molar-refractivity contribution in [2.75, 3.05) is 0 Å². The number of rotatable bonds is 2. The van der Waals surface area contributed by atoms with E-state index in [1.165, 1.54) is 0 Å². The van der Waals surface area contributed by atoms with Crippen LogP contribution < -0.4 is 5.56 Å². The molecule has 2 aromatic rings. The molecular formula is C11H11ClN2OS. The lowest BCUT2D eigenvalue weighted by Crippen LogP contribution is -2.21. The van der Waals surface area contributed by atoms with Crippen molar-refractivity contribution in [2.45, 2.75) is 19.9 Å². The lowest BCUT2D eigenvalue weighted by atomic mass is 10.2. The molecule has 1 aromatic heterocycles. The topological polar surface area (TPSA) is 37.8 Å². The summed E-state index contributed by atoms with van der Waals surface area (Å²) in [5, 5.41) is 1.13. The number of nitrogens with one attached hydrogen (secondary N) is 1. The Morgan fingerprint density at radius 3 is 2.94 bits per heavy atom. The summed E-state index contributed by atoms with van der Waals surface area (Å²) in [7, 11) is 0. The van der Waals surface area contributed by atoms with Crippen LogP contribution in [0.1, 0.15) is 13.3 Å². The largest absolute Gasteiger partial charge is 0.332 e. The first-order valence-corrected chi connectivity index (χ1v) is 5.84. The number of benzene rings is 1. The van der Waals surface area contributed by atoms with Crippen molar-refractivity contribution < 1.29 is 0 Å². The number of hydrogen-bond donors (Lipinski definition) is 1. The molecule has 5 heteroatoms. The van der Waals surface area contributed by atoms with Crippen LogP contribution in [0.4, 0.5) is 0 Å². The van der Waals surface area contributed by atoms with E-state index in [9.17, 15) is 4.79 Å². The average molecular weight is 255 g/mol. The van der Waals surface area contributed by atoms with Crippen molar-refractivity contribution in [2.24, 2.45) is 0 Å². The van der Waals surface area contributed by atoms with Gasteiger partial charge in [-0.25, -0.2) is 0 Å². The third kappa shape index (κ3) is 1.90. The molecule has 0 unspecified atom stereocenters. The molecule has 2 rings (SSSR count). The molecule has 0 atom stereocenters. The number of fused-ring (bicyclic) bond motifs is 1. The summed E-state index contributed by atoms with van der Waals surface area (Å²) in [4.78, 5) is 15.1. The third-order valence-corrected chi connectivity index (χ3v) is 2.95. The van der Waals surface area contributed by atoms with E-state index in [4.69, 9.17) is 23.8 Å². The van der Waals surface area contributed by atoms with Crippen molar-refractivity contribution in [3.8, 4) is 0 Å². The van der Waals surface area contributed by atoms with Gasteiger partial charge < -0.3 is 4.98 Å². The molecule has 16 heavy (non-hydrogen) atoms. The molecule has 0 amide bonds. The van der Waals surface area contributed by atoms with Crippen LogP contribution in [0, 0.1) is 4.77 Å². The van der Waals surface area contributed by atoms with Crippen molar-refractivity contribution >= 4 is 34.7 Å². The Hall–Kier alpha value is -1.13. The number of halogens is 1. The molecule has 0 saturated heterocycles. The fourth-order valence-corrected chi connectivity index (χ4v) is 2.11. The first-order chi connectivity index (χ1) is 7.63. The predicted octanol–water partition coefficient (Wildman–Crippen LogP) is 3.12. The van der Waals surface area contributed by atoms with Gasteiger partial charge in [-0.2, -0.15) is 0 Å². The Morgan fingerprint density at radius 2 is 2.25 bits per heavy atom. The Balaban J connectivity index is 2.85. The summed E-state index contributed by atoms with van der Waals surface area (Å²) in [6.45, 7) is 2.63. The van der Waals surface area contributed by atoms with Gasteiger partial charge in [-0.15, -0.1) is 0 Å². The quantitative estimate of drug-likeness (QED) is 0.837. The third-order valence-electron chi connectivity index (χ3n) is 2.39. The molecule has 0 radical (unpaired) electrons. The zero-order chi connectivity index (χ0) is 11.7. The maximum absolute atomic E-state index is 12.1. The Kier molecular flexibility index (Phi) is 3.12. The summed E-state index contributed by atoms with van der Waals surface area (Å²) in [6.07, 6.45) is 0.865. The first-order valence-electron chi connectivity index (χ1n) is 5.06. The van der Waals surface area contributed by atoms with Crippen molar-refractivity contribution in [3.05, 3.63) is 38.3 Å². The van der Waals surface area contributed by atoms with Gasteiger partial charge in [-0.05, 0) is 36.8 Å². The molecule has 0 fully saturated rings. The lowest BCUT2D eigenvalue weighted by molar-refractivity contribution is 0.638. The van der Waals surface area contributed by atoms with Gasteiger partial charge in [-0.3, -0.25) is 9.36 Å². The monoisotopic (exact) mass is 254 g/mol. The zero-order valence-corrected chi connectivity index (χ0v) is 10.4. The molecule has 84 valence electrons. The second-order valence-corrected chi connectivity index (χ2v) is 4.40. The van der Waals surface area contributed by atoms with E-state index in [0.29, 0.717) is 21.7 Å². The molecule has 1 heterocycles. The van der Waals surface area contributed by atoms with Gasteiger partial charge in [0, 0.05) is 11.6 Å². The van der Waals surface area contributed by atoms with Crippen LogP contribution in [0.5, 0.6) is 0 Å². The highest BCUT2D eigenvalue weighted by atomic mass is 35.5. The zero-order valence-electron chi connectivity index (χ0n) is 8.79. The minimum Gasteiger partial charge on any atom is -0.332 e. The summed E-state index contributed by atoms with van der Waals surface area (Å²) in [5.41, 5.74) is 0.648. The molecule has 0 aliphatic rings. The second-order valence-electron chi connectivity index (χ2n) is 3.58. The minimum atomic E-state index is -0.0805. The highest BCUT2D eigenvalue weighted by Gasteiger charge is 2.05. The van der Waals surface area contributed by atoms with E-state index in [0.717, 1.165) is 11.9 Å². The molecule has 0 aliphatic heterocycles. The van der Waals surface area contributed by atoms with Gasteiger partial charge in [-0.1, -0.05) is 18.5 Å². The van der Waals surface area contributed by atoms with Gasteiger partial charge in [0.15, 0.2) is 4.77 Å². The Labute approximate surface area is 103 Å². The highest BCUT2D eigenvalue weighted by Crippen LogP contribution is 2.14. The van der Waals surface area contributed by atoms with Crippen molar-refractivity contribution in [1.82, 2.24) is 9.55 Å². The fraction of sp³-hybridized carbons (Fsp3) is 0.273. The summed E-state index contributed by atoms with van der Waals surface area (Å²) in [5.74, 6) is 0. The van der Waals surface area contributed by atoms with Crippen LogP contribution in [-0.2, 0) is 6.54 Å². The predicted molar refractivity (Wildman–Crippen MR) is 68.7 cm³/mol. The van der Waals surface area contributed by atoms with E-state index in [-0.39, 0.29) is 5.56 Å². The van der Waals surface area contributed by atoms with E-state index in [1.54, 1.807) is 22.8 Å². The first kappa shape index (κ1) is 11.4. The van der Waals surface area contributed by atoms with Gasteiger partial charge >= 0.3 is 0 Å². The molecule has 0 bridgehead atoms. The molecular weight excluding hydrogens is 244 g/mol. The van der Waals surface area contributed by atoms with Crippen LogP contribution in [-0.4, -0.2) is 9.55 Å². The molecule has 1 N–H and O–H groups in total. The standard InChI is InChI=1S/C11H11ClN2OS/c1-2-5-14-10(15)8-6-7(12)3-4-9(8)13-11(14)16/h3-4,6H,2,5H2,1H3,(H,13,16). The van der Waals surface area contributed by atoms with Crippen LogP contribution in [0.3, 0.4) is 0 Å². The van der Waals surface area contributed by atoms with Gasteiger partial charge in [0.05, 0.1) is 10.9 Å². The highest BCUT2D eigenvalue weighted by molar-refractivity contribution is 7.71. The Morgan fingerprint density at radius 1 is 1.50 bits per heavy atom. The number of aromatic amines is 1. The second kappa shape index (κ2) is 4.39. The van der Waals surface area contributed by atoms with Crippen LogP contribution in [0.25, 0.3) is 10.9 Å². The maximum Gasteiger partial charge on any atom is 0.262 e. The fourth-order valence-electron chi connectivity index (χ4n) is 1.65. The van der Waals surface area contributed by atoms with Crippen LogP contribution >= 0.6 is 23.8 Å². The number of nitrogens with zero attached hydrogens (tertiary/aromatic N) is 1. The van der Waals surface area contributed by atoms with Gasteiger partial charge in [0.25, 0.3) is 5.56 Å². The van der Waals surface area contributed by atoms with E-state index >= 15 is 0 Å². The lowest BCUT2D eigenvalue weighted by Gasteiger charge is -2.06. The van der Waals surface area contributed by atoms with Crippen LogP contribution in [0.15, 0.2) is 23.0 Å². The summed E-state index contributed by atoms with van der Waals surface area (Å²) < 4.78 is 2.02. The molecule has 0 saturated carbocycles. The summed E-state index contributed by atoms with van der Waals surface area (Å²) >= 11 is 11.0. The average Bonchev–Trinajstić information content (AvgIpc) is 2.26. The van der Waals surface area contributed by atoms with E-state index in [1.807, 2.05) is 6.92 Å². The maximum atomic E-state index is 12.1. The molecule has 0 aliphatic carbocycles. The SMILES string of the molecule is CCCn1c(=S)[nH]c2ccc(Cl)cc2c1=O. The normalized spacial score (nSPS) is 10.9. The number of hydrogen-bond acceptors (Lipinski definition) is 2.